The van der Waals surface area contributed by atoms with Crippen LogP contribution in [-0.2, 0) is 12.5 Å². The Hall–Kier alpha value is -3.39. The van der Waals surface area contributed by atoms with Gasteiger partial charge in [-0.25, -0.2) is 4.57 Å². The molecule has 2 atom stereocenters. The smallest absolute Gasteiger partial charge is 0.216 e. The summed E-state index contributed by atoms with van der Waals surface area (Å²) in [7, 11) is 1.72. The molecule has 1 aliphatic rings. The summed E-state index contributed by atoms with van der Waals surface area (Å²) in [6, 6.07) is 16.1. The van der Waals surface area contributed by atoms with Gasteiger partial charge in [-0.1, -0.05) is 76.0 Å². The largest absolute Gasteiger partial charge is 0.454 e. The van der Waals surface area contributed by atoms with Gasteiger partial charge in [0.05, 0.1) is 5.56 Å². The lowest BCUT2D eigenvalue weighted by Gasteiger charge is -2.40. The van der Waals surface area contributed by atoms with E-state index in [1.807, 2.05) is 19.1 Å². The molecule has 0 bridgehead atoms. The van der Waals surface area contributed by atoms with Crippen LogP contribution >= 0.6 is 0 Å². The van der Waals surface area contributed by atoms with Crippen molar-refractivity contribution in [3.63, 3.8) is 0 Å². The maximum absolute atomic E-state index is 9.57. The van der Waals surface area contributed by atoms with Crippen LogP contribution in [0.4, 0.5) is 0 Å². The van der Waals surface area contributed by atoms with E-state index >= 15 is 0 Å². The molecule has 0 fully saturated rings. The highest BCUT2D eigenvalue weighted by Crippen LogP contribution is 2.58. The second-order valence-electron chi connectivity index (χ2n) is 9.31. The Kier molecular flexibility index (Phi) is 2.50. The number of hydrogen-bond donors (Lipinski definition) is 0. The second-order valence-corrected chi connectivity index (χ2v) is 9.31. The average molecular weight is 475 g/mol. The molecule has 1 aliphatic carbocycles. The molecule has 0 saturated carbocycles. The van der Waals surface area contributed by atoms with Crippen LogP contribution in [0.1, 0.15) is 68.9 Å². The minimum Gasteiger partial charge on any atom is -0.454 e. The zero-order valence-corrected chi connectivity index (χ0v) is 19.7. The second kappa shape index (κ2) is 7.55. The van der Waals surface area contributed by atoms with Gasteiger partial charge >= 0.3 is 0 Å². The number of fused-ring (bicyclic) bond motifs is 7. The molecule has 0 saturated heterocycles. The Balaban J connectivity index is 1.81. The first-order chi connectivity index (χ1) is 22.3. The first kappa shape index (κ1) is 11.6. The number of aromatic nitrogens is 1. The maximum atomic E-state index is 9.57. The predicted octanol–water partition coefficient (Wildman–Crippen LogP) is 8.27. The molecule has 3 aromatic carbocycles. The van der Waals surface area contributed by atoms with Crippen molar-refractivity contribution in [3.8, 4) is 22.4 Å². The van der Waals surface area contributed by atoms with Crippen LogP contribution in [0.25, 0.3) is 44.3 Å². The maximum Gasteiger partial charge on any atom is 0.216 e. The molecule has 2 unspecified atom stereocenters. The molecular weight excluding hydrogens is 426 g/mol. The lowest BCUT2D eigenvalue weighted by molar-refractivity contribution is -0.660. The highest BCUT2D eigenvalue weighted by molar-refractivity contribution is 6.14. The monoisotopic (exact) mass is 474 g/mol. The normalized spacial score (nSPS) is 26.4. The van der Waals surface area contributed by atoms with Crippen LogP contribution in [0.5, 0.6) is 0 Å². The van der Waals surface area contributed by atoms with Crippen molar-refractivity contribution in [2.75, 3.05) is 0 Å². The van der Waals surface area contributed by atoms with Crippen LogP contribution < -0.4 is 4.57 Å². The molecule has 0 radical (unpaired) electrons. The number of nitrogens with zero attached hydrogens (tertiary/aromatic N) is 1. The average Bonchev–Trinajstić information content (AvgIpc) is 3.49. The van der Waals surface area contributed by atoms with Crippen molar-refractivity contribution in [2.45, 2.75) is 46.7 Å². The Morgan fingerprint density at radius 3 is 2.34 bits per heavy atom. The number of rotatable bonds is 3. The van der Waals surface area contributed by atoms with E-state index in [9.17, 15) is 2.74 Å². The van der Waals surface area contributed by atoms with Gasteiger partial charge in [0.25, 0.3) is 0 Å². The van der Waals surface area contributed by atoms with Gasteiger partial charge in [0.2, 0.25) is 5.69 Å². The molecule has 0 spiro atoms. The van der Waals surface area contributed by atoms with Crippen molar-refractivity contribution in [3.05, 3.63) is 89.1 Å². The van der Waals surface area contributed by atoms with E-state index in [1.165, 1.54) is 30.5 Å². The van der Waals surface area contributed by atoms with Gasteiger partial charge in [0, 0.05) is 52.6 Å². The number of pyridine rings is 1. The van der Waals surface area contributed by atoms with Gasteiger partial charge in [-0.3, -0.25) is 0 Å². The molecule has 6 rings (SSSR count). The van der Waals surface area contributed by atoms with Crippen molar-refractivity contribution < 1.29 is 28.2 Å². The summed E-state index contributed by atoms with van der Waals surface area (Å²) in [6.07, 6.45) is 1.52. The molecule has 2 heteroatoms. The van der Waals surface area contributed by atoms with Crippen LogP contribution in [0.15, 0.2) is 71.3 Å². The number of furan rings is 1. The van der Waals surface area contributed by atoms with Gasteiger partial charge in [0.15, 0.2) is 6.20 Å². The van der Waals surface area contributed by atoms with Gasteiger partial charge in [0.1, 0.15) is 18.2 Å². The minimum absolute atomic E-state index is 0.0723. The van der Waals surface area contributed by atoms with Gasteiger partial charge in [-0.05, 0) is 53.9 Å². The molecule has 176 valence electrons. The Labute approximate surface area is 227 Å². The van der Waals surface area contributed by atoms with Crippen molar-refractivity contribution in [2.24, 2.45) is 18.8 Å². The third-order valence-electron chi connectivity index (χ3n) is 7.35. The molecule has 35 heavy (non-hydrogen) atoms. The van der Waals surface area contributed by atoms with Gasteiger partial charge < -0.3 is 4.42 Å². The molecule has 0 aliphatic heterocycles. The number of hydrogen-bond acceptors (Lipinski definition) is 1. The number of aryl methyl sites for hydroxylation is 3. The van der Waals surface area contributed by atoms with Crippen molar-refractivity contribution in [1.29, 1.82) is 0 Å². The quantitative estimate of drug-likeness (QED) is 0.240. The van der Waals surface area contributed by atoms with Gasteiger partial charge in [-0.2, -0.15) is 0 Å². The standard InChI is InChI=1S/C33H34NO/c1-19(2)33(20(3)4)26-11-9-8-10-25(26)30-27(33)16-15-24-23-14-13-22(6)29(31(23)35-32(24)30)28-17-12-21(5)18-34(28)7/h8-20H,1-7H3/q+1/i1D3,2D3,3D3,5D3,19D,20D. The molecule has 0 amide bonds. The zero-order chi connectivity index (χ0) is 36.5. The fourth-order valence-corrected chi connectivity index (χ4v) is 5.80. The molecular formula is C33H34NO+. The van der Waals surface area contributed by atoms with E-state index in [0.29, 0.717) is 27.6 Å². The van der Waals surface area contributed by atoms with E-state index in [0.717, 1.165) is 12.5 Å². The summed E-state index contributed by atoms with van der Waals surface area (Å²) >= 11 is 0. The van der Waals surface area contributed by atoms with E-state index in [-0.39, 0.29) is 33.4 Å². The molecule has 5 aromatic rings. The summed E-state index contributed by atoms with van der Waals surface area (Å²) in [5.74, 6) is -6.37. The summed E-state index contributed by atoms with van der Waals surface area (Å²) < 4.78 is 128. The topological polar surface area (TPSA) is 17.0 Å². The molecule has 2 aromatic heterocycles. The lowest BCUT2D eigenvalue weighted by Crippen LogP contribution is -2.37. The van der Waals surface area contributed by atoms with Gasteiger partial charge in [-0.15, -0.1) is 0 Å². The van der Waals surface area contributed by atoms with E-state index in [1.54, 1.807) is 35.9 Å². The van der Waals surface area contributed by atoms with Crippen LogP contribution in [0.3, 0.4) is 0 Å². The predicted molar refractivity (Wildman–Crippen MR) is 146 cm³/mol. The number of benzene rings is 3. The molecule has 0 N–H and O–H groups in total. The van der Waals surface area contributed by atoms with Crippen molar-refractivity contribution in [1.82, 2.24) is 0 Å². The lowest BCUT2D eigenvalue weighted by atomic mass is 9.63. The van der Waals surface area contributed by atoms with Crippen molar-refractivity contribution >= 4 is 21.9 Å². The summed E-state index contributed by atoms with van der Waals surface area (Å²) in [6.45, 7) is -9.91. The van der Waals surface area contributed by atoms with Crippen LogP contribution in [-0.4, -0.2) is 0 Å². The summed E-state index contributed by atoms with van der Waals surface area (Å²) in [5.41, 5.74) is 0.392. The van der Waals surface area contributed by atoms with Crippen LogP contribution in [0, 0.1) is 25.6 Å². The summed E-state index contributed by atoms with van der Waals surface area (Å²) in [4.78, 5) is 0. The van der Waals surface area contributed by atoms with E-state index in [2.05, 4.69) is 0 Å². The Morgan fingerprint density at radius 1 is 0.857 bits per heavy atom. The first-order valence-corrected chi connectivity index (χ1v) is 11.4. The first-order valence-electron chi connectivity index (χ1n) is 18.4. The fourth-order valence-electron chi connectivity index (χ4n) is 5.80. The highest BCUT2D eigenvalue weighted by Gasteiger charge is 2.48. The molecule has 2 heterocycles. The van der Waals surface area contributed by atoms with E-state index < -0.39 is 44.6 Å². The zero-order valence-electron chi connectivity index (χ0n) is 33.7. The third-order valence-corrected chi connectivity index (χ3v) is 7.35. The SMILES string of the molecule is [2H]C([2H])([2H])c1ccc(-c2c(C)ccc3c2oc2c4c(ccc23)C(C([2H])(C)C([2H])([2H])[2H])(C([2H])(C([2H])([2H])[2H])C([2H])([2H])[2H])c2ccccc2-4)[n+](C)c1. The third kappa shape index (κ3) is 2.80. The Morgan fingerprint density at radius 2 is 1.60 bits per heavy atom. The fraction of sp³-hybridized carbons (Fsp3) is 0.303. The highest BCUT2D eigenvalue weighted by atomic mass is 16.3. The minimum atomic E-state index is -3.59. The summed E-state index contributed by atoms with van der Waals surface area (Å²) in [5, 5.41) is 1.20. The Bertz CT molecular complexity index is 2140. The molecule has 2 nitrogen and oxygen atoms in total. The van der Waals surface area contributed by atoms with E-state index in [4.69, 9.17) is 20.9 Å². The van der Waals surface area contributed by atoms with Crippen LogP contribution in [0.2, 0.25) is 0 Å².